The van der Waals surface area contributed by atoms with Crippen LogP contribution in [0.25, 0.3) is 0 Å². The molecule has 0 saturated heterocycles. The molecule has 0 spiro atoms. The fraction of sp³-hybridized carbons (Fsp3) is 1.00. The van der Waals surface area contributed by atoms with Gasteiger partial charge in [0.05, 0.1) is 6.10 Å². The monoisotopic (exact) mass is 198 g/mol. The average molecular weight is 199 g/mol. The van der Waals surface area contributed by atoms with E-state index >= 15 is 0 Å². The molecule has 1 atom stereocenters. The molecule has 0 aromatic rings. The quantitative estimate of drug-likeness (QED) is 0.569. The summed E-state index contributed by atoms with van der Waals surface area (Å²) in [5, 5.41) is 8.36. The van der Waals surface area contributed by atoms with E-state index in [4.69, 9.17) is 5.11 Å². The third-order valence-corrected chi connectivity index (χ3v) is 0.591. The molecule has 0 radical (unpaired) electrons. The molecule has 1 N–H and O–H groups in total. The second-order valence-electron chi connectivity index (χ2n) is 1.26. The number of rotatable bonds is 1. The van der Waals surface area contributed by atoms with Gasteiger partial charge < -0.3 is 5.11 Å². The Morgan fingerprint density at radius 3 is 1.83 bits per heavy atom. The molecule has 0 rings (SSSR count). The summed E-state index contributed by atoms with van der Waals surface area (Å²) in [5.41, 5.74) is 0. The molecule has 40 valence electrons. The summed E-state index contributed by atoms with van der Waals surface area (Å²) in [4.78, 5) is 0. The fourth-order valence-corrected chi connectivity index (χ4v) is 0. The van der Waals surface area contributed by atoms with E-state index in [1.165, 1.54) is 0 Å². The third-order valence-electron chi connectivity index (χ3n) is 0.591. The minimum atomic E-state index is -0.116. The van der Waals surface area contributed by atoms with Gasteiger partial charge in [-0.15, -0.1) is 0 Å². The Labute approximate surface area is 56.2 Å². The van der Waals surface area contributed by atoms with E-state index in [2.05, 4.69) is 0 Å². The summed E-state index contributed by atoms with van der Waals surface area (Å²) >= 11 is 0. The van der Waals surface area contributed by atoms with Gasteiger partial charge in [0, 0.05) is 0 Å². The van der Waals surface area contributed by atoms with Crippen LogP contribution in [0.4, 0.5) is 0 Å². The minimum absolute atomic E-state index is 0. The van der Waals surface area contributed by atoms with Crippen molar-refractivity contribution in [1.29, 1.82) is 0 Å². The predicted molar refractivity (Wildman–Crippen MR) is 31.9 cm³/mol. The molecule has 0 aliphatic heterocycles. The Morgan fingerprint density at radius 1 is 1.67 bits per heavy atom. The molecule has 0 fully saturated rings. The summed E-state index contributed by atoms with van der Waals surface area (Å²) in [6.45, 7) is 3.73. The first kappa shape index (κ1) is 9.91. The molecule has 1 nitrogen and oxygen atoms in total. The van der Waals surface area contributed by atoms with Gasteiger partial charge in [-0.05, 0) is 13.3 Å². The Balaban J connectivity index is 0. The Hall–Kier alpha value is 0.778. The molecule has 0 aromatic carbocycles. The normalized spacial score (nSPS) is 12.5. The van der Waals surface area contributed by atoms with E-state index in [-0.39, 0.29) is 30.5 Å². The van der Waals surface area contributed by atoms with Gasteiger partial charge in [-0.1, -0.05) is 6.92 Å². The third kappa shape index (κ3) is 8.84. The van der Waals surface area contributed by atoms with Crippen LogP contribution in [0.1, 0.15) is 20.3 Å². The number of aliphatic hydroxyl groups is 1. The number of hydrogen-bond donors (Lipinski definition) is 1. The van der Waals surface area contributed by atoms with Crippen LogP contribution in [-0.2, 0) is 0 Å². The number of hydrogen-bond acceptors (Lipinski definition) is 1. The second-order valence-corrected chi connectivity index (χ2v) is 1.26. The first-order valence-electron chi connectivity index (χ1n) is 1.95. The molecular weight excluding hydrogens is 186 g/mol. The van der Waals surface area contributed by atoms with Crippen LogP contribution < -0.4 is 0 Å². The molecule has 1 unspecified atom stereocenters. The molecule has 0 aliphatic rings. The molecule has 0 aromatic heterocycles. The molecule has 0 heterocycles. The van der Waals surface area contributed by atoms with Gasteiger partial charge in [0.25, 0.3) is 0 Å². The molecule has 0 aliphatic carbocycles. The second kappa shape index (κ2) is 5.78. The van der Waals surface area contributed by atoms with Crippen LogP contribution in [0.5, 0.6) is 0 Å². The van der Waals surface area contributed by atoms with Gasteiger partial charge in [0.2, 0.25) is 0 Å². The zero-order chi connectivity index (χ0) is 4.28. The van der Waals surface area contributed by atoms with Crippen molar-refractivity contribution in [3.8, 4) is 0 Å². The zero-order valence-corrected chi connectivity index (χ0v) is 8.48. The molecular formula is C4H13OSb. The summed E-state index contributed by atoms with van der Waals surface area (Å²) in [5.74, 6) is 0. The average Bonchev–Trinajstić information content (AvgIpc) is 1.38. The fourth-order valence-electron chi connectivity index (χ4n) is 0. The first-order valence-corrected chi connectivity index (χ1v) is 1.95. The van der Waals surface area contributed by atoms with Crippen molar-refractivity contribution in [2.75, 3.05) is 0 Å². The van der Waals surface area contributed by atoms with Crippen LogP contribution >= 0.6 is 0 Å². The van der Waals surface area contributed by atoms with Crippen LogP contribution in [0.3, 0.4) is 0 Å². The van der Waals surface area contributed by atoms with E-state index in [0.29, 0.717) is 0 Å². The van der Waals surface area contributed by atoms with Crippen LogP contribution in [0.2, 0.25) is 0 Å². The Bertz CT molecular complexity index is 21.5. The van der Waals surface area contributed by atoms with Crippen LogP contribution in [0, 0.1) is 0 Å². The Morgan fingerprint density at radius 2 is 1.83 bits per heavy atom. The Kier molecular flexibility index (Phi) is 9.55. The summed E-state index contributed by atoms with van der Waals surface area (Å²) in [6.07, 6.45) is 0.745. The maximum atomic E-state index is 8.36. The van der Waals surface area contributed by atoms with E-state index in [1.54, 1.807) is 6.92 Å². The van der Waals surface area contributed by atoms with Crippen molar-refractivity contribution in [2.45, 2.75) is 26.4 Å². The van der Waals surface area contributed by atoms with Crippen molar-refractivity contribution in [2.24, 2.45) is 0 Å². The van der Waals surface area contributed by atoms with Gasteiger partial charge in [0.1, 0.15) is 0 Å². The van der Waals surface area contributed by atoms with E-state index in [1.807, 2.05) is 6.92 Å². The predicted octanol–water partition coefficient (Wildman–Crippen LogP) is -0.407. The van der Waals surface area contributed by atoms with E-state index in [0.717, 1.165) is 6.42 Å². The van der Waals surface area contributed by atoms with Gasteiger partial charge in [0.15, 0.2) is 0 Å². The number of aliphatic hydroxyl groups excluding tert-OH is 1. The topological polar surface area (TPSA) is 20.2 Å². The molecule has 0 amide bonds. The molecule has 0 bridgehead atoms. The molecule has 0 saturated carbocycles. The summed E-state index contributed by atoms with van der Waals surface area (Å²) in [6, 6.07) is 0. The van der Waals surface area contributed by atoms with Crippen molar-refractivity contribution in [3.63, 3.8) is 0 Å². The van der Waals surface area contributed by atoms with E-state index in [9.17, 15) is 0 Å². The van der Waals surface area contributed by atoms with Gasteiger partial charge >= 0.3 is 24.4 Å². The van der Waals surface area contributed by atoms with Crippen molar-refractivity contribution >= 4 is 24.4 Å². The van der Waals surface area contributed by atoms with Crippen molar-refractivity contribution in [3.05, 3.63) is 0 Å². The van der Waals surface area contributed by atoms with E-state index < -0.39 is 0 Å². The summed E-state index contributed by atoms with van der Waals surface area (Å²) < 4.78 is 0. The standard InChI is InChI=1S/C4H10O.Sb.3H/c1-3-4(2)5;;;;/h4-5H,3H2,1-2H3;;;;. The summed E-state index contributed by atoms with van der Waals surface area (Å²) in [7, 11) is 0. The van der Waals surface area contributed by atoms with Gasteiger partial charge in [-0.2, -0.15) is 0 Å². The van der Waals surface area contributed by atoms with Crippen molar-refractivity contribution < 1.29 is 5.11 Å². The van der Waals surface area contributed by atoms with Crippen molar-refractivity contribution in [1.82, 2.24) is 0 Å². The SMILES string of the molecule is CCC(C)O.[SbH3]. The molecule has 2 heteroatoms. The maximum absolute atomic E-state index is 8.36. The van der Waals surface area contributed by atoms with Crippen LogP contribution in [0.15, 0.2) is 0 Å². The van der Waals surface area contributed by atoms with Gasteiger partial charge in [-0.3, -0.25) is 0 Å². The zero-order valence-electron chi connectivity index (χ0n) is 4.44. The first-order chi connectivity index (χ1) is 2.27. The van der Waals surface area contributed by atoms with Crippen LogP contribution in [-0.4, -0.2) is 35.6 Å². The van der Waals surface area contributed by atoms with Gasteiger partial charge in [-0.25, -0.2) is 0 Å². The molecule has 6 heavy (non-hydrogen) atoms.